The molecule has 0 saturated heterocycles. The molecule has 0 aliphatic heterocycles. The highest BCUT2D eigenvalue weighted by atomic mass is 19.1. The first-order valence-corrected chi connectivity index (χ1v) is 6.79. The summed E-state index contributed by atoms with van der Waals surface area (Å²) in [6, 6.07) is 7.43. The highest BCUT2D eigenvalue weighted by Crippen LogP contribution is 2.26. The number of ketones is 1. The smallest absolute Gasteiger partial charge is 0.352 e. The SMILES string of the molecule is O=C(O)c1cc2c(n1Cc1ccc(F)cc1)C(=O)CCC2. The Bertz CT molecular complexity index is 716. The summed E-state index contributed by atoms with van der Waals surface area (Å²) in [4.78, 5) is 23.5. The predicted molar refractivity (Wildman–Crippen MR) is 74.2 cm³/mol. The number of benzene rings is 1. The van der Waals surface area contributed by atoms with Gasteiger partial charge in [0.1, 0.15) is 11.5 Å². The molecule has 0 unspecified atom stereocenters. The van der Waals surface area contributed by atoms with E-state index in [0.717, 1.165) is 24.0 Å². The number of Topliss-reactive ketones (excluding diaryl/α,β-unsaturated/α-hetero) is 1. The van der Waals surface area contributed by atoms with Gasteiger partial charge in [-0.1, -0.05) is 12.1 Å². The number of fused-ring (bicyclic) bond motifs is 1. The van der Waals surface area contributed by atoms with Gasteiger partial charge in [0.15, 0.2) is 5.78 Å². The summed E-state index contributed by atoms with van der Waals surface area (Å²) in [5, 5.41) is 9.33. The molecule has 0 atom stereocenters. The van der Waals surface area contributed by atoms with Crippen molar-refractivity contribution in [1.29, 1.82) is 0 Å². The first-order chi connectivity index (χ1) is 10.1. The lowest BCUT2D eigenvalue weighted by molar-refractivity contribution is 0.0685. The molecule has 21 heavy (non-hydrogen) atoms. The number of aryl methyl sites for hydroxylation is 1. The number of carboxylic acid groups (broad SMARTS) is 1. The normalized spacial score (nSPS) is 14.0. The zero-order chi connectivity index (χ0) is 15.0. The highest BCUT2D eigenvalue weighted by molar-refractivity contribution is 5.99. The fraction of sp³-hybridized carbons (Fsp3) is 0.250. The van der Waals surface area contributed by atoms with Crippen molar-refractivity contribution in [2.45, 2.75) is 25.8 Å². The van der Waals surface area contributed by atoms with E-state index >= 15 is 0 Å². The number of nitrogens with zero attached hydrogens (tertiary/aromatic N) is 1. The van der Waals surface area contributed by atoms with E-state index in [4.69, 9.17) is 0 Å². The van der Waals surface area contributed by atoms with Crippen molar-refractivity contribution in [3.8, 4) is 0 Å². The lowest BCUT2D eigenvalue weighted by Gasteiger charge is -2.15. The van der Waals surface area contributed by atoms with E-state index < -0.39 is 5.97 Å². The van der Waals surface area contributed by atoms with Gasteiger partial charge in [0.2, 0.25) is 0 Å². The number of aromatic carboxylic acids is 1. The first kappa shape index (κ1) is 13.5. The lowest BCUT2D eigenvalue weighted by Crippen LogP contribution is -2.18. The van der Waals surface area contributed by atoms with Crippen molar-refractivity contribution >= 4 is 11.8 Å². The van der Waals surface area contributed by atoms with Crippen LogP contribution in [0.3, 0.4) is 0 Å². The van der Waals surface area contributed by atoms with Crippen LogP contribution in [-0.2, 0) is 13.0 Å². The molecule has 5 heteroatoms. The summed E-state index contributed by atoms with van der Waals surface area (Å²) in [7, 11) is 0. The summed E-state index contributed by atoms with van der Waals surface area (Å²) in [6.07, 6.45) is 1.92. The van der Waals surface area contributed by atoms with Crippen LogP contribution in [0.2, 0.25) is 0 Å². The molecule has 3 rings (SSSR count). The molecule has 1 aromatic heterocycles. The predicted octanol–water partition coefficient (Wildman–Crippen LogP) is 2.89. The molecule has 108 valence electrons. The van der Waals surface area contributed by atoms with Gasteiger partial charge >= 0.3 is 5.97 Å². The molecule has 4 nitrogen and oxygen atoms in total. The van der Waals surface area contributed by atoms with E-state index in [9.17, 15) is 19.1 Å². The number of halogens is 1. The zero-order valence-electron chi connectivity index (χ0n) is 11.3. The third kappa shape index (κ3) is 2.46. The Morgan fingerprint density at radius 1 is 1.24 bits per heavy atom. The average Bonchev–Trinajstić information content (AvgIpc) is 2.82. The van der Waals surface area contributed by atoms with Gasteiger partial charge in [-0.2, -0.15) is 0 Å². The summed E-state index contributed by atoms with van der Waals surface area (Å²) in [6.45, 7) is 0.253. The zero-order valence-corrected chi connectivity index (χ0v) is 11.3. The van der Waals surface area contributed by atoms with Gasteiger partial charge in [0.25, 0.3) is 0 Å². The summed E-state index contributed by atoms with van der Waals surface area (Å²) < 4.78 is 14.5. The second-order valence-electron chi connectivity index (χ2n) is 5.20. The number of rotatable bonds is 3. The quantitative estimate of drug-likeness (QED) is 0.944. The lowest BCUT2D eigenvalue weighted by atomic mass is 9.97. The van der Waals surface area contributed by atoms with Crippen molar-refractivity contribution in [3.05, 3.63) is 58.7 Å². The maximum absolute atomic E-state index is 13.0. The molecule has 1 aliphatic carbocycles. The van der Waals surface area contributed by atoms with Crippen LogP contribution in [0.5, 0.6) is 0 Å². The van der Waals surface area contributed by atoms with Crippen molar-refractivity contribution < 1.29 is 19.1 Å². The van der Waals surface area contributed by atoms with Crippen LogP contribution in [0.25, 0.3) is 0 Å². The van der Waals surface area contributed by atoms with Crippen LogP contribution >= 0.6 is 0 Å². The van der Waals surface area contributed by atoms with Gasteiger partial charge in [-0.05, 0) is 42.2 Å². The molecule has 0 fully saturated rings. The first-order valence-electron chi connectivity index (χ1n) is 6.79. The molecule has 1 heterocycles. The Labute approximate surface area is 120 Å². The second kappa shape index (κ2) is 5.16. The van der Waals surface area contributed by atoms with Crippen molar-refractivity contribution in [2.75, 3.05) is 0 Å². The standard InChI is InChI=1S/C16H14FNO3/c17-12-6-4-10(5-7-12)9-18-13(16(20)21)8-11-2-1-3-14(19)15(11)18/h4-8H,1-3,9H2,(H,20,21). The molecule has 1 aliphatic rings. The van der Waals surface area contributed by atoms with Gasteiger partial charge in [-0.3, -0.25) is 4.79 Å². The second-order valence-corrected chi connectivity index (χ2v) is 5.20. The minimum absolute atomic E-state index is 0.0224. The summed E-state index contributed by atoms with van der Waals surface area (Å²) >= 11 is 0. The van der Waals surface area contributed by atoms with E-state index in [1.54, 1.807) is 18.2 Å². The van der Waals surface area contributed by atoms with Crippen LogP contribution in [0.1, 0.15) is 44.9 Å². The highest BCUT2D eigenvalue weighted by Gasteiger charge is 2.26. The van der Waals surface area contributed by atoms with Crippen LogP contribution in [0, 0.1) is 5.82 Å². The molecule has 0 bridgehead atoms. The Morgan fingerprint density at radius 2 is 1.95 bits per heavy atom. The number of carbonyl (C=O) groups is 2. The van der Waals surface area contributed by atoms with E-state index in [2.05, 4.69) is 0 Å². The van der Waals surface area contributed by atoms with Crippen molar-refractivity contribution in [1.82, 2.24) is 4.57 Å². The van der Waals surface area contributed by atoms with Crippen LogP contribution < -0.4 is 0 Å². The van der Waals surface area contributed by atoms with Crippen LogP contribution in [0.4, 0.5) is 4.39 Å². The maximum atomic E-state index is 13.0. The molecule has 2 aromatic rings. The largest absolute Gasteiger partial charge is 0.477 e. The Morgan fingerprint density at radius 3 is 2.62 bits per heavy atom. The monoisotopic (exact) mass is 287 g/mol. The molecule has 0 spiro atoms. The molecule has 0 amide bonds. The van der Waals surface area contributed by atoms with E-state index in [-0.39, 0.29) is 23.8 Å². The summed E-state index contributed by atoms with van der Waals surface area (Å²) in [5.41, 5.74) is 2.16. The third-order valence-electron chi connectivity index (χ3n) is 3.76. The van der Waals surface area contributed by atoms with E-state index in [1.165, 1.54) is 16.7 Å². The topological polar surface area (TPSA) is 59.3 Å². The Hall–Kier alpha value is -2.43. The van der Waals surface area contributed by atoms with Gasteiger partial charge in [0, 0.05) is 13.0 Å². The molecular formula is C16H14FNO3. The number of hydrogen-bond acceptors (Lipinski definition) is 2. The van der Waals surface area contributed by atoms with Crippen molar-refractivity contribution in [2.24, 2.45) is 0 Å². The van der Waals surface area contributed by atoms with Crippen molar-refractivity contribution in [3.63, 3.8) is 0 Å². The van der Waals surface area contributed by atoms with Gasteiger partial charge in [-0.15, -0.1) is 0 Å². The molecular weight excluding hydrogens is 273 g/mol. The van der Waals surface area contributed by atoms with Gasteiger partial charge < -0.3 is 9.67 Å². The average molecular weight is 287 g/mol. The number of carboxylic acids is 1. The van der Waals surface area contributed by atoms with Crippen LogP contribution in [0.15, 0.2) is 30.3 Å². The molecule has 1 aromatic carbocycles. The molecule has 0 saturated carbocycles. The fourth-order valence-corrected chi connectivity index (χ4v) is 2.80. The minimum Gasteiger partial charge on any atom is -0.477 e. The van der Waals surface area contributed by atoms with Crippen LogP contribution in [-0.4, -0.2) is 21.4 Å². The fourth-order valence-electron chi connectivity index (χ4n) is 2.80. The number of carbonyl (C=O) groups excluding carboxylic acids is 1. The van der Waals surface area contributed by atoms with Gasteiger partial charge in [0.05, 0.1) is 5.69 Å². The number of hydrogen-bond donors (Lipinski definition) is 1. The maximum Gasteiger partial charge on any atom is 0.352 e. The Balaban J connectivity index is 2.07. The Kier molecular flexibility index (Phi) is 3.33. The minimum atomic E-state index is -1.06. The van der Waals surface area contributed by atoms with E-state index in [1.807, 2.05) is 0 Å². The summed E-state index contributed by atoms with van der Waals surface area (Å²) in [5.74, 6) is -1.42. The van der Waals surface area contributed by atoms with E-state index in [0.29, 0.717) is 12.1 Å². The van der Waals surface area contributed by atoms with Gasteiger partial charge in [-0.25, -0.2) is 9.18 Å². The molecule has 0 radical (unpaired) electrons. The molecule has 1 N–H and O–H groups in total. The third-order valence-corrected chi connectivity index (χ3v) is 3.76. The number of aromatic nitrogens is 1.